The van der Waals surface area contributed by atoms with Gasteiger partial charge in [0.15, 0.2) is 0 Å². The smallest absolute Gasteiger partial charge is 0.213 e. The van der Waals surface area contributed by atoms with E-state index in [1.54, 1.807) is 29.1 Å². The van der Waals surface area contributed by atoms with Gasteiger partial charge in [0.05, 0.1) is 15.7 Å². The average molecular weight is 407 g/mol. The molecule has 0 amide bonds. The van der Waals surface area contributed by atoms with E-state index in [4.69, 9.17) is 11.6 Å². The summed E-state index contributed by atoms with van der Waals surface area (Å²) < 4.78 is 3.20. The van der Waals surface area contributed by atoms with Crippen LogP contribution in [0.1, 0.15) is 35.9 Å². The molecule has 1 aromatic heterocycles. The van der Waals surface area contributed by atoms with Gasteiger partial charge in [-0.1, -0.05) is 27.5 Å². The van der Waals surface area contributed by atoms with Gasteiger partial charge in [-0.2, -0.15) is 5.10 Å². The zero-order valence-corrected chi connectivity index (χ0v) is 14.3. The Balaban J connectivity index is 2.53. The van der Waals surface area contributed by atoms with Crippen molar-refractivity contribution < 1.29 is 4.79 Å². The number of hydrogen-bond acceptors (Lipinski definition) is 2. The maximum absolute atomic E-state index is 12.6. The molecule has 19 heavy (non-hydrogen) atoms. The maximum Gasteiger partial charge on any atom is 0.213 e. The van der Waals surface area contributed by atoms with Crippen LogP contribution >= 0.6 is 43.5 Å². The molecule has 1 aromatic carbocycles. The van der Waals surface area contributed by atoms with Crippen molar-refractivity contribution in [2.75, 3.05) is 0 Å². The summed E-state index contributed by atoms with van der Waals surface area (Å²) in [5, 5.41) is 4.62. The molecule has 0 aliphatic heterocycles. The van der Waals surface area contributed by atoms with Gasteiger partial charge < -0.3 is 0 Å². The zero-order chi connectivity index (χ0) is 14.2. The van der Waals surface area contributed by atoms with Crippen molar-refractivity contribution >= 4 is 49.2 Å². The Morgan fingerprint density at radius 2 is 2.05 bits per heavy atom. The van der Waals surface area contributed by atoms with Crippen molar-refractivity contribution in [3.8, 4) is 0 Å². The third-order valence-electron chi connectivity index (χ3n) is 2.63. The molecule has 0 aliphatic carbocycles. The minimum Gasteiger partial charge on any atom is -0.287 e. The van der Waals surface area contributed by atoms with E-state index in [-0.39, 0.29) is 11.8 Å². The van der Waals surface area contributed by atoms with Crippen molar-refractivity contribution in [3.63, 3.8) is 0 Å². The summed E-state index contributed by atoms with van der Waals surface area (Å²) in [6.07, 6.45) is 1.62. The second-order valence-electron chi connectivity index (χ2n) is 4.33. The molecular formula is C13H11Br2ClN2O. The topological polar surface area (TPSA) is 34.9 Å². The van der Waals surface area contributed by atoms with Gasteiger partial charge in [-0.05, 0) is 48.0 Å². The van der Waals surface area contributed by atoms with Crippen LogP contribution in [0.15, 0.2) is 33.3 Å². The fraction of sp³-hybridized carbons (Fsp3) is 0.231. The van der Waals surface area contributed by atoms with Gasteiger partial charge in [0.2, 0.25) is 5.78 Å². The number of ketones is 1. The lowest BCUT2D eigenvalue weighted by molar-refractivity contribution is 0.102. The Labute approximate surface area is 133 Å². The summed E-state index contributed by atoms with van der Waals surface area (Å²) >= 11 is 12.8. The number of carbonyl (C=O) groups excluding carboxylic acids is 1. The van der Waals surface area contributed by atoms with E-state index in [0.717, 1.165) is 4.47 Å². The summed E-state index contributed by atoms with van der Waals surface area (Å²) in [5.41, 5.74) is 0.979. The van der Waals surface area contributed by atoms with Gasteiger partial charge >= 0.3 is 0 Å². The third-order valence-corrected chi connectivity index (χ3v) is 4.02. The standard InChI is InChI=1S/C13H11Br2ClN2O/c1-7(2)18-12(10(15)6-17-18)13(19)9-4-3-8(14)5-11(9)16/h3-7H,1-2H3. The molecule has 1 heterocycles. The Kier molecular flexibility index (Phi) is 4.48. The van der Waals surface area contributed by atoms with E-state index in [9.17, 15) is 4.79 Å². The zero-order valence-electron chi connectivity index (χ0n) is 10.3. The number of rotatable bonds is 3. The van der Waals surface area contributed by atoms with E-state index in [1.807, 2.05) is 13.8 Å². The minimum atomic E-state index is -0.143. The Hall–Kier alpha value is -0.650. The molecule has 0 atom stereocenters. The fourth-order valence-electron chi connectivity index (χ4n) is 1.75. The summed E-state index contributed by atoms with van der Waals surface area (Å²) in [5.74, 6) is -0.143. The van der Waals surface area contributed by atoms with Crippen molar-refractivity contribution in [3.05, 3.63) is 49.6 Å². The summed E-state index contributed by atoms with van der Waals surface area (Å²) in [7, 11) is 0. The molecule has 0 saturated carbocycles. The highest BCUT2D eigenvalue weighted by Gasteiger charge is 2.22. The van der Waals surface area contributed by atoms with Gasteiger partial charge in [0.25, 0.3) is 0 Å². The molecule has 6 heteroatoms. The molecule has 0 unspecified atom stereocenters. The molecule has 0 N–H and O–H groups in total. The number of carbonyl (C=O) groups is 1. The van der Waals surface area contributed by atoms with E-state index in [0.29, 0.717) is 20.8 Å². The van der Waals surface area contributed by atoms with Crippen molar-refractivity contribution in [2.45, 2.75) is 19.9 Å². The highest BCUT2D eigenvalue weighted by Crippen LogP contribution is 2.27. The second-order valence-corrected chi connectivity index (χ2v) is 6.51. The minimum absolute atomic E-state index is 0.0967. The largest absolute Gasteiger partial charge is 0.287 e. The molecule has 0 radical (unpaired) electrons. The summed E-state index contributed by atoms with van der Waals surface area (Å²) in [4.78, 5) is 12.6. The monoisotopic (exact) mass is 404 g/mol. The maximum atomic E-state index is 12.6. The lowest BCUT2D eigenvalue weighted by Crippen LogP contribution is -2.14. The average Bonchev–Trinajstić information content (AvgIpc) is 2.70. The molecule has 3 nitrogen and oxygen atoms in total. The molecule has 2 rings (SSSR count). The quantitative estimate of drug-likeness (QED) is 0.682. The van der Waals surface area contributed by atoms with Crippen LogP contribution in [0, 0.1) is 0 Å². The first-order valence-electron chi connectivity index (χ1n) is 5.64. The molecule has 2 aromatic rings. The van der Waals surface area contributed by atoms with Crippen LogP contribution in [0.4, 0.5) is 0 Å². The predicted octanol–water partition coefficient (Wildman–Crippen LogP) is 4.87. The SMILES string of the molecule is CC(C)n1ncc(Br)c1C(=O)c1ccc(Br)cc1Cl. The van der Waals surface area contributed by atoms with Crippen LogP contribution < -0.4 is 0 Å². The summed E-state index contributed by atoms with van der Waals surface area (Å²) in [6, 6.07) is 5.31. The number of benzene rings is 1. The Bertz CT molecular complexity index is 638. The Morgan fingerprint density at radius 1 is 1.37 bits per heavy atom. The highest BCUT2D eigenvalue weighted by atomic mass is 79.9. The van der Waals surface area contributed by atoms with Crippen molar-refractivity contribution in [1.29, 1.82) is 0 Å². The number of halogens is 3. The molecule has 0 saturated heterocycles. The van der Waals surface area contributed by atoms with Crippen LogP contribution in [0.25, 0.3) is 0 Å². The van der Waals surface area contributed by atoms with E-state index >= 15 is 0 Å². The van der Waals surface area contributed by atoms with Crippen LogP contribution in [0.3, 0.4) is 0 Å². The number of hydrogen-bond donors (Lipinski definition) is 0. The third kappa shape index (κ3) is 2.93. The highest BCUT2D eigenvalue weighted by molar-refractivity contribution is 9.10. The first-order chi connectivity index (χ1) is 8.91. The van der Waals surface area contributed by atoms with Gasteiger partial charge in [-0.3, -0.25) is 9.48 Å². The second kappa shape index (κ2) is 5.77. The molecular weight excluding hydrogens is 395 g/mol. The lowest BCUT2D eigenvalue weighted by atomic mass is 10.1. The molecule has 0 spiro atoms. The van der Waals surface area contributed by atoms with Gasteiger partial charge in [-0.15, -0.1) is 0 Å². The molecule has 0 fully saturated rings. The number of nitrogens with zero attached hydrogens (tertiary/aromatic N) is 2. The lowest BCUT2D eigenvalue weighted by Gasteiger charge is -2.11. The van der Waals surface area contributed by atoms with Crippen LogP contribution in [-0.2, 0) is 0 Å². The van der Waals surface area contributed by atoms with E-state index in [2.05, 4.69) is 37.0 Å². The van der Waals surface area contributed by atoms with Crippen molar-refractivity contribution in [2.24, 2.45) is 0 Å². The fourth-order valence-corrected chi connectivity index (χ4v) is 2.96. The Morgan fingerprint density at radius 3 is 2.63 bits per heavy atom. The first-order valence-corrected chi connectivity index (χ1v) is 7.61. The van der Waals surface area contributed by atoms with Crippen LogP contribution in [0.2, 0.25) is 5.02 Å². The number of aromatic nitrogens is 2. The predicted molar refractivity (Wildman–Crippen MR) is 82.9 cm³/mol. The normalized spacial score (nSPS) is 11.1. The van der Waals surface area contributed by atoms with E-state index < -0.39 is 0 Å². The van der Waals surface area contributed by atoms with Crippen LogP contribution in [0.5, 0.6) is 0 Å². The molecule has 100 valence electrons. The van der Waals surface area contributed by atoms with Gasteiger partial charge in [0, 0.05) is 16.1 Å². The van der Waals surface area contributed by atoms with Crippen LogP contribution in [-0.4, -0.2) is 15.6 Å². The van der Waals surface area contributed by atoms with Gasteiger partial charge in [-0.25, -0.2) is 0 Å². The van der Waals surface area contributed by atoms with Gasteiger partial charge in [0.1, 0.15) is 5.69 Å². The van der Waals surface area contributed by atoms with Crippen molar-refractivity contribution in [1.82, 2.24) is 9.78 Å². The first kappa shape index (κ1) is 14.8. The molecule has 0 bridgehead atoms. The van der Waals surface area contributed by atoms with E-state index in [1.165, 1.54) is 0 Å². The molecule has 0 aliphatic rings. The summed E-state index contributed by atoms with van der Waals surface area (Å²) in [6.45, 7) is 3.94.